The van der Waals surface area contributed by atoms with E-state index in [1.54, 1.807) is 0 Å². The Bertz CT molecular complexity index is 974. The summed E-state index contributed by atoms with van der Waals surface area (Å²) in [5.74, 6) is -2.51. The summed E-state index contributed by atoms with van der Waals surface area (Å²) in [4.78, 5) is 2.82. The number of benzene rings is 2. The SMILES string of the molecule is FC1=C(c2ccc(C(F)(F)F)cc2)O[B-](F)(F)N=C1c1ccc(C(F)(F)F)cc1. The third kappa shape index (κ3) is 4.41. The lowest BCUT2D eigenvalue weighted by Gasteiger charge is -2.31. The summed E-state index contributed by atoms with van der Waals surface area (Å²) in [5, 5.41) is 0. The Morgan fingerprint density at radius 3 is 1.52 bits per heavy atom. The first-order chi connectivity index (χ1) is 13.3. The predicted octanol–water partition coefficient (Wildman–Crippen LogP) is 6.26. The molecule has 1 aliphatic rings. The van der Waals surface area contributed by atoms with Gasteiger partial charge in [-0.1, -0.05) is 24.3 Å². The Hall–Kier alpha value is -2.92. The van der Waals surface area contributed by atoms with E-state index in [0.29, 0.717) is 24.3 Å². The van der Waals surface area contributed by atoms with Crippen molar-refractivity contribution in [3.63, 3.8) is 0 Å². The molecule has 0 radical (unpaired) electrons. The van der Waals surface area contributed by atoms with E-state index in [1.165, 1.54) is 0 Å². The summed E-state index contributed by atoms with van der Waals surface area (Å²) in [6.45, 7) is 0. The van der Waals surface area contributed by atoms with E-state index in [9.17, 15) is 39.4 Å². The van der Waals surface area contributed by atoms with Crippen molar-refractivity contribution >= 4 is 18.5 Å². The van der Waals surface area contributed by atoms with E-state index in [0.717, 1.165) is 24.3 Å². The molecular formula is C17H8BF9NO-. The van der Waals surface area contributed by atoms with Crippen LogP contribution < -0.4 is 0 Å². The van der Waals surface area contributed by atoms with Gasteiger partial charge in [0.05, 0.1) is 16.8 Å². The van der Waals surface area contributed by atoms with Crippen molar-refractivity contribution < 1.29 is 44.0 Å². The van der Waals surface area contributed by atoms with Gasteiger partial charge in [0, 0.05) is 5.56 Å². The Kier molecular flexibility index (Phi) is 4.92. The minimum absolute atomic E-state index is 0.384. The standard InChI is InChI=1S/C17H8BF9NO/c19-13-14(9-1-5-11(6-2-9)16(20,21)22)28-18(26,27)29-15(13)10-3-7-12(8-4-10)17(23,24)25/h1-8H/q-1. The highest BCUT2D eigenvalue weighted by molar-refractivity contribution is 6.61. The summed E-state index contributed by atoms with van der Waals surface area (Å²) < 4.78 is 122. The number of rotatable bonds is 2. The molecule has 0 fully saturated rings. The average Bonchev–Trinajstić information content (AvgIpc) is 2.62. The molecule has 2 nitrogen and oxygen atoms in total. The number of allylic oxidation sites excluding steroid dienone is 1. The molecule has 12 heteroatoms. The fourth-order valence-electron chi connectivity index (χ4n) is 2.56. The molecule has 3 rings (SSSR count). The van der Waals surface area contributed by atoms with Crippen LogP contribution in [0.25, 0.3) is 5.76 Å². The van der Waals surface area contributed by atoms with Crippen LogP contribution in [0.5, 0.6) is 0 Å². The lowest BCUT2D eigenvalue weighted by atomic mass is 9.96. The summed E-state index contributed by atoms with van der Waals surface area (Å²) in [7, 11) is -5.00. The van der Waals surface area contributed by atoms with Crippen molar-refractivity contribution in [1.29, 1.82) is 0 Å². The second kappa shape index (κ2) is 6.85. The first-order valence-electron chi connectivity index (χ1n) is 7.82. The number of alkyl halides is 6. The molecule has 2 aromatic carbocycles. The lowest BCUT2D eigenvalue weighted by molar-refractivity contribution is -0.138. The zero-order valence-electron chi connectivity index (χ0n) is 14.0. The highest BCUT2D eigenvalue weighted by Crippen LogP contribution is 2.37. The van der Waals surface area contributed by atoms with Gasteiger partial charge in [-0.2, -0.15) is 26.3 Å². The van der Waals surface area contributed by atoms with Crippen LogP contribution in [0.4, 0.5) is 39.4 Å². The second-order valence-corrected chi connectivity index (χ2v) is 5.95. The average molecular weight is 424 g/mol. The van der Waals surface area contributed by atoms with Crippen LogP contribution in [0.1, 0.15) is 22.3 Å². The highest BCUT2D eigenvalue weighted by atomic mass is 19.4. The van der Waals surface area contributed by atoms with Crippen molar-refractivity contribution in [3.05, 3.63) is 76.6 Å². The molecule has 0 aromatic heterocycles. The monoisotopic (exact) mass is 424 g/mol. The largest absolute Gasteiger partial charge is 0.641 e. The molecule has 0 saturated heterocycles. The van der Waals surface area contributed by atoms with Gasteiger partial charge in [-0.3, -0.25) is 0 Å². The molecule has 1 aliphatic heterocycles. The van der Waals surface area contributed by atoms with Gasteiger partial charge in [0.2, 0.25) is 0 Å². The second-order valence-electron chi connectivity index (χ2n) is 5.95. The predicted molar refractivity (Wildman–Crippen MR) is 86.5 cm³/mol. The fraction of sp³-hybridized carbons (Fsp3) is 0.118. The minimum Gasteiger partial charge on any atom is -0.641 e. The molecule has 29 heavy (non-hydrogen) atoms. The van der Waals surface area contributed by atoms with E-state index < -0.39 is 53.4 Å². The van der Waals surface area contributed by atoms with Crippen LogP contribution in [-0.2, 0) is 17.0 Å². The molecule has 0 unspecified atom stereocenters. The summed E-state index contributed by atoms with van der Waals surface area (Å²) >= 11 is 0. The van der Waals surface area contributed by atoms with E-state index in [4.69, 9.17) is 0 Å². The molecule has 2 aromatic rings. The molecule has 0 saturated carbocycles. The van der Waals surface area contributed by atoms with E-state index in [2.05, 4.69) is 9.56 Å². The van der Waals surface area contributed by atoms with Crippen molar-refractivity contribution in [2.75, 3.05) is 0 Å². The summed E-state index contributed by atoms with van der Waals surface area (Å²) in [5.41, 5.74) is -3.95. The maximum Gasteiger partial charge on any atom is 0.639 e. The van der Waals surface area contributed by atoms with Crippen molar-refractivity contribution in [3.8, 4) is 0 Å². The molecule has 154 valence electrons. The maximum atomic E-state index is 14.8. The Labute approximate surface area is 157 Å². The number of halogens is 9. The van der Waals surface area contributed by atoms with Gasteiger partial charge in [-0.05, 0) is 29.8 Å². The van der Waals surface area contributed by atoms with E-state index in [1.807, 2.05) is 0 Å². The normalized spacial score (nSPS) is 17.1. The van der Waals surface area contributed by atoms with Gasteiger partial charge < -0.3 is 18.2 Å². The molecule has 0 spiro atoms. The van der Waals surface area contributed by atoms with Gasteiger partial charge in [-0.25, -0.2) is 4.39 Å². The van der Waals surface area contributed by atoms with Gasteiger partial charge in [0.15, 0.2) is 5.83 Å². The van der Waals surface area contributed by atoms with Crippen LogP contribution in [-0.4, -0.2) is 12.7 Å². The topological polar surface area (TPSA) is 21.6 Å². The van der Waals surface area contributed by atoms with Crippen molar-refractivity contribution in [2.24, 2.45) is 4.90 Å². The molecule has 0 N–H and O–H groups in total. The molecule has 0 bridgehead atoms. The summed E-state index contributed by atoms with van der Waals surface area (Å²) in [6, 6.07) is 5.19. The van der Waals surface area contributed by atoms with E-state index in [-0.39, 0.29) is 5.56 Å². The van der Waals surface area contributed by atoms with Crippen molar-refractivity contribution in [2.45, 2.75) is 12.4 Å². The highest BCUT2D eigenvalue weighted by Gasteiger charge is 2.38. The van der Waals surface area contributed by atoms with Crippen LogP contribution >= 0.6 is 0 Å². The Morgan fingerprint density at radius 2 is 1.10 bits per heavy atom. The molecule has 0 atom stereocenters. The van der Waals surface area contributed by atoms with Crippen molar-refractivity contribution in [1.82, 2.24) is 0 Å². The number of hydrogen-bond acceptors (Lipinski definition) is 2. The number of hydrogen-bond donors (Lipinski definition) is 0. The Morgan fingerprint density at radius 1 is 0.690 bits per heavy atom. The van der Waals surface area contributed by atoms with Crippen LogP contribution in [0, 0.1) is 0 Å². The smallest absolute Gasteiger partial charge is 0.639 e. The van der Waals surface area contributed by atoms with Gasteiger partial charge in [0.25, 0.3) is 0 Å². The summed E-state index contributed by atoms with van der Waals surface area (Å²) in [6.07, 6.45) is -9.39. The Balaban J connectivity index is 2.04. The van der Waals surface area contributed by atoms with Gasteiger partial charge in [0.1, 0.15) is 5.76 Å². The molecular weight excluding hydrogens is 416 g/mol. The van der Waals surface area contributed by atoms with E-state index >= 15 is 0 Å². The third-order valence-electron chi connectivity index (χ3n) is 3.91. The number of nitrogens with zero attached hydrogens (tertiary/aromatic N) is 1. The van der Waals surface area contributed by atoms with Gasteiger partial charge in [-0.15, -0.1) is 0 Å². The minimum atomic E-state index is -5.00. The molecule has 0 amide bonds. The quantitative estimate of drug-likeness (QED) is 0.412. The van der Waals surface area contributed by atoms with Crippen LogP contribution in [0.2, 0.25) is 0 Å². The zero-order valence-corrected chi connectivity index (χ0v) is 14.0. The van der Waals surface area contributed by atoms with Gasteiger partial charge >= 0.3 is 19.4 Å². The molecule has 0 aliphatic carbocycles. The lowest BCUT2D eigenvalue weighted by Crippen LogP contribution is -2.32. The first-order valence-corrected chi connectivity index (χ1v) is 7.82. The fourth-order valence-corrected chi connectivity index (χ4v) is 2.56. The molecule has 1 heterocycles. The zero-order chi connectivity index (χ0) is 21.6. The van der Waals surface area contributed by atoms with Crippen LogP contribution in [0.15, 0.2) is 59.3 Å². The van der Waals surface area contributed by atoms with Crippen LogP contribution in [0.3, 0.4) is 0 Å². The third-order valence-corrected chi connectivity index (χ3v) is 3.91. The first kappa shape index (κ1) is 20.8. The maximum absolute atomic E-state index is 14.8.